The molecule has 8 atom stereocenters. The number of carbonyl (C=O) groups is 4. The number of β-lactam (4-membered cyclic amide) rings is 1. The molecular weight excluding hydrogens is 558 g/mol. The van der Waals surface area contributed by atoms with E-state index in [0.29, 0.717) is 17.9 Å². The zero-order valence-corrected chi connectivity index (χ0v) is 23.2. The maximum Gasteiger partial charge on any atom is 0.353 e. The third-order valence-electron chi connectivity index (χ3n) is 8.04. The van der Waals surface area contributed by atoms with Crippen molar-refractivity contribution in [3.63, 3.8) is 0 Å². The van der Waals surface area contributed by atoms with Gasteiger partial charge in [-0.15, -0.1) is 16.9 Å². The SMILES string of the molecule is C[C@@H](NC(=O)Cn1cnnn1)[C@H]1C(=O)N2C(C(=O)O)=C(S[C@@H]3CN[C@H](C(=O)N4CC(NC(=N)N)[C@@H](O)C4)C3)[C@H](C)[C@H]12. The van der Waals surface area contributed by atoms with Crippen LogP contribution >= 0.6 is 11.8 Å². The summed E-state index contributed by atoms with van der Waals surface area (Å²) in [5, 5.41) is 46.8. The molecule has 0 aromatic carbocycles. The van der Waals surface area contributed by atoms with Gasteiger partial charge >= 0.3 is 5.97 Å². The van der Waals surface area contributed by atoms with Gasteiger partial charge in [-0.3, -0.25) is 19.8 Å². The van der Waals surface area contributed by atoms with Crippen molar-refractivity contribution in [3.05, 3.63) is 16.9 Å². The molecule has 222 valence electrons. The molecule has 0 radical (unpaired) electrons. The number of carboxylic acids is 1. The van der Waals surface area contributed by atoms with E-state index in [9.17, 15) is 29.4 Å². The van der Waals surface area contributed by atoms with Gasteiger partial charge in [-0.1, -0.05) is 6.92 Å². The van der Waals surface area contributed by atoms with Crippen molar-refractivity contribution in [3.8, 4) is 0 Å². The molecule has 5 rings (SSSR count). The lowest BCUT2D eigenvalue weighted by Crippen LogP contribution is -2.66. The van der Waals surface area contributed by atoms with Gasteiger partial charge in [0, 0.05) is 41.7 Å². The Kier molecular flexibility index (Phi) is 7.89. The van der Waals surface area contributed by atoms with Crippen LogP contribution < -0.4 is 21.7 Å². The van der Waals surface area contributed by atoms with Crippen LogP contribution in [0.15, 0.2) is 16.9 Å². The van der Waals surface area contributed by atoms with Gasteiger partial charge in [0.25, 0.3) is 0 Å². The number of aliphatic carboxylic acids is 1. The summed E-state index contributed by atoms with van der Waals surface area (Å²) >= 11 is 1.36. The zero-order chi connectivity index (χ0) is 29.6. The van der Waals surface area contributed by atoms with Crippen LogP contribution in [0.1, 0.15) is 20.3 Å². The number of likely N-dealkylation sites (tertiary alicyclic amines) is 1. The van der Waals surface area contributed by atoms with Crippen molar-refractivity contribution in [2.75, 3.05) is 19.6 Å². The second-order valence-corrected chi connectivity index (χ2v) is 12.1. The second kappa shape index (κ2) is 11.2. The average Bonchev–Trinajstić information content (AvgIpc) is 3.68. The largest absolute Gasteiger partial charge is 0.477 e. The molecule has 0 bridgehead atoms. The summed E-state index contributed by atoms with van der Waals surface area (Å²) in [4.78, 5) is 54.5. The normalized spacial score (nSPS) is 31.6. The lowest BCUT2D eigenvalue weighted by molar-refractivity contribution is -0.158. The third kappa shape index (κ3) is 5.45. The number of aromatic nitrogens is 4. The molecule has 4 aliphatic heterocycles. The summed E-state index contributed by atoms with van der Waals surface area (Å²) in [5.74, 6) is -3.26. The Morgan fingerprint density at radius 1 is 1.34 bits per heavy atom. The van der Waals surface area contributed by atoms with Crippen molar-refractivity contribution in [2.24, 2.45) is 17.6 Å². The van der Waals surface area contributed by atoms with Gasteiger partial charge in [-0.05, 0) is 23.8 Å². The molecule has 1 aromatic rings. The number of fused-ring (bicyclic) bond motifs is 1. The quantitative estimate of drug-likeness (QED) is 0.0837. The van der Waals surface area contributed by atoms with Gasteiger partial charge in [0.1, 0.15) is 18.6 Å². The number of rotatable bonds is 9. The highest BCUT2D eigenvalue weighted by Gasteiger charge is 2.60. The average molecular weight is 592 g/mol. The Morgan fingerprint density at radius 3 is 2.76 bits per heavy atom. The maximum absolute atomic E-state index is 13.2. The standard InChI is InChI=1S/C23H33N11O6S/c1-9-17-16(10(2)28-15(36)7-33-8-27-30-31-33)21(38)34(17)18(22(39)40)19(9)41-11-3-12(26-4-11)20(37)32-5-13(14(35)6-32)29-23(24)25/h8-14,16-17,26,35H,3-7H2,1-2H3,(H,28,36)(H,39,40)(H4,24,25,29)/t9-,10-,11+,12+,13?,14+,16-,17-/m1/s1. The Balaban J connectivity index is 1.21. The maximum atomic E-state index is 13.2. The summed E-state index contributed by atoms with van der Waals surface area (Å²) < 4.78 is 1.26. The molecule has 4 aliphatic rings. The number of aliphatic hydroxyl groups is 1. The molecule has 0 spiro atoms. The molecular formula is C23H33N11O6S. The summed E-state index contributed by atoms with van der Waals surface area (Å²) in [6.07, 6.45) is 0.896. The van der Waals surface area contributed by atoms with E-state index in [1.54, 1.807) is 6.92 Å². The van der Waals surface area contributed by atoms with Crippen molar-refractivity contribution in [2.45, 2.75) is 62.3 Å². The number of guanidine groups is 1. The van der Waals surface area contributed by atoms with Gasteiger partial charge in [-0.2, -0.15) is 0 Å². The van der Waals surface area contributed by atoms with Crippen LogP contribution in [-0.4, -0.2) is 125 Å². The van der Waals surface area contributed by atoms with E-state index >= 15 is 0 Å². The lowest BCUT2D eigenvalue weighted by atomic mass is 9.78. The Bertz CT molecular complexity index is 1270. The highest BCUT2D eigenvalue weighted by Crippen LogP contribution is 2.51. The van der Waals surface area contributed by atoms with Crippen molar-refractivity contribution in [1.82, 2.24) is 46.0 Å². The number of nitrogens with zero attached hydrogens (tertiary/aromatic N) is 6. The summed E-state index contributed by atoms with van der Waals surface area (Å²) in [7, 11) is 0. The molecule has 41 heavy (non-hydrogen) atoms. The Morgan fingerprint density at radius 2 is 2.10 bits per heavy atom. The van der Waals surface area contributed by atoms with E-state index in [-0.39, 0.29) is 60.2 Å². The van der Waals surface area contributed by atoms with E-state index in [4.69, 9.17) is 11.1 Å². The number of carbonyl (C=O) groups excluding carboxylic acids is 3. The monoisotopic (exact) mass is 591 g/mol. The Hall–Kier alpha value is -3.77. The molecule has 18 heteroatoms. The van der Waals surface area contributed by atoms with Crippen LogP contribution in [0.3, 0.4) is 0 Å². The molecule has 1 aromatic heterocycles. The number of nitrogens with two attached hydrogens (primary N) is 1. The van der Waals surface area contributed by atoms with Gasteiger partial charge in [0.2, 0.25) is 17.7 Å². The van der Waals surface area contributed by atoms with Gasteiger partial charge in [-0.25, -0.2) is 9.48 Å². The number of carboxylic acid groups (broad SMARTS) is 1. The predicted octanol–water partition coefficient (Wildman–Crippen LogP) is -3.53. The minimum atomic E-state index is -1.20. The second-order valence-electron chi connectivity index (χ2n) is 10.8. The third-order valence-corrected chi connectivity index (χ3v) is 9.55. The minimum Gasteiger partial charge on any atom is -0.477 e. The number of hydrogen-bond donors (Lipinski definition) is 7. The van der Waals surface area contributed by atoms with Crippen molar-refractivity contribution in [1.29, 1.82) is 5.41 Å². The highest BCUT2D eigenvalue weighted by atomic mass is 32.2. The number of aliphatic hydroxyl groups excluding tert-OH is 1. The van der Waals surface area contributed by atoms with Crippen LogP contribution in [0.4, 0.5) is 0 Å². The van der Waals surface area contributed by atoms with Crippen LogP contribution in [-0.2, 0) is 25.7 Å². The van der Waals surface area contributed by atoms with E-state index in [1.807, 2.05) is 6.92 Å². The zero-order valence-electron chi connectivity index (χ0n) is 22.4. The smallest absolute Gasteiger partial charge is 0.353 e. The first-order valence-corrected chi connectivity index (χ1v) is 14.1. The fraction of sp³-hybridized carbons (Fsp3) is 0.652. The van der Waals surface area contributed by atoms with Gasteiger partial charge in [0.05, 0.1) is 30.1 Å². The minimum absolute atomic E-state index is 0.0449. The molecule has 5 heterocycles. The van der Waals surface area contributed by atoms with Gasteiger partial charge < -0.3 is 41.7 Å². The summed E-state index contributed by atoms with van der Waals surface area (Å²) in [5.41, 5.74) is 5.32. The topological polar surface area (TPSA) is 245 Å². The van der Waals surface area contributed by atoms with Crippen molar-refractivity contribution < 1.29 is 29.4 Å². The fourth-order valence-electron chi connectivity index (χ4n) is 6.18. The van der Waals surface area contributed by atoms with E-state index in [2.05, 4.69) is 31.5 Å². The molecule has 0 saturated carbocycles. The van der Waals surface area contributed by atoms with E-state index in [0.717, 1.165) is 0 Å². The molecule has 1 unspecified atom stereocenters. The number of thioether (sulfide) groups is 1. The lowest BCUT2D eigenvalue weighted by Gasteiger charge is -2.47. The first kappa shape index (κ1) is 28.7. The van der Waals surface area contributed by atoms with E-state index < -0.39 is 42.2 Å². The number of tetrazole rings is 1. The molecule has 17 nitrogen and oxygen atoms in total. The number of hydrogen-bond acceptors (Lipinski definition) is 11. The number of β-amino-alcohol motifs (C(OH)–C–C–N with tert-alkyl or cyclic N) is 1. The molecule has 0 aliphatic carbocycles. The number of amides is 3. The number of nitrogens with one attached hydrogen (secondary N) is 4. The molecule has 3 amide bonds. The summed E-state index contributed by atoms with van der Waals surface area (Å²) in [6, 6.07) is -1.99. The van der Waals surface area contributed by atoms with Crippen LogP contribution in [0.25, 0.3) is 0 Å². The molecule has 8 N–H and O–H groups in total. The van der Waals surface area contributed by atoms with Crippen LogP contribution in [0, 0.1) is 17.2 Å². The fourth-order valence-corrected chi connectivity index (χ4v) is 7.65. The Labute approximate surface area is 238 Å². The molecule has 3 saturated heterocycles. The van der Waals surface area contributed by atoms with E-state index in [1.165, 1.54) is 32.6 Å². The van der Waals surface area contributed by atoms with Crippen LogP contribution in [0.5, 0.6) is 0 Å². The van der Waals surface area contributed by atoms with Gasteiger partial charge in [0.15, 0.2) is 5.96 Å². The van der Waals surface area contributed by atoms with Crippen molar-refractivity contribution >= 4 is 41.4 Å². The predicted molar refractivity (Wildman–Crippen MR) is 143 cm³/mol. The highest BCUT2D eigenvalue weighted by molar-refractivity contribution is 8.03. The van der Waals surface area contributed by atoms with Crippen LogP contribution in [0.2, 0.25) is 0 Å². The summed E-state index contributed by atoms with van der Waals surface area (Å²) in [6.45, 7) is 4.28. The molecule has 3 fully saturated rings. The first-order chi connectivity index (χ1) is 19.5. The first-order valence-electron chi connectivity index (χ1n) is 13.2.